The molecule has 0 saturated carbocycles. The van der Waals surface area contributed by atoms with Gasteiger partial charge in [-0.1, -0.05) is 70.4 Å². The summed E-state index contributed by atoms with van der Waals surface area (Å²) in [5.74, 6) is 0. The van der Waals surface area contributed by atoms with Crippen molar-refractivity contribution < 1.29 is 43.5 Å². The molecule has 4 rings (SSSR count). The molecule has 0 aliphatic rings. The van der Waals surface area contributed by atoms with Crippen LogP contribution < -0.4 is 5.46 Å². The van der Waals surface area contributed by atoms with Crippen molar-refractivity contribution in [3.05, 3.63) is 120 Å². The lowest BCUT2D eigenvalue weighted by Gasteiger charge is -2.19. The van der Waals surface area contributed by atoms with Gasteiger partial charge in [0.2, 0.25) is 0 Å². The normalized spacial score (nSPS) is 12.5. The molecule has 0 unspecified atom stereocenters. The van der Waals surface area contributed by atoms with Crippen molar-refractivity contribution in [1.29, 1.82) is 0 Å². The summed E-state index contributed by atoms with van der Waals surface area (Å²) in [5, 5.41) is 0. The van der Waals surface area contributed by atoms with Gasteiger partial charge in [-0.3, -0.25) is 0 Å². The predicted octanol–water partition coefficient (Wildman–Crippen LogP) is 8.75. The Morgan fingerprint density at radius 1 is 0.564 bits per heavy atom. The summed E-state index contributed by atoms with van der Waals surface area (Å²) in [6.07, 6.45) is -10.6. The molecular formula is C27H20BF9OS. The number of alkyl halides is 6. The van der Waals surface area contributed by atoms with E-state index in [4.69, 9.17) is 0 Å². The Morgan fingerprint density at radius 3 is 1.26 bits per heavy atom. The lowest BCUT2D eigenvalue weighted by atomic mass is 9.78. The summed E-state index contributed by atoms with van der Waals surface area (Å²) in [5.41, 5.74) is -4.73. The summed E-state index contributed by atoms with van der Waals surface area (Å²) in [6, 6.07) is 26.3. The predicted molar refractivity (Wildman–Crippen MR) is 132 cm³/mol. The van der Waals surface area contributed by atoms with Crippen LogP contribution >= 0.6 is 0 Å². The van der Waals surface area contributed by atoms with Gasteiger partial charge in [-0.15, -0.1) is 5.46 Å². The molecule has 4 aromatic carbocycles. The molecule has 0 aromatic heterocycles. The van der Waals surface area contributed by atoms with E-state index in [0.717, 1.165) is 14.7 Å². The van der Waals surface area contributed by atoms with Gasteiger partial charge in [0.25, 0.3) is 0 Å². The van der Waals surface area contributed by atoms with Crippen molar-refractivity contribution in [2.45, 2.75) is 34.0 Å². The number of hydrogen-bond donors (Lipinski definition) is 0. The fourth-order valence-electron chi connectivity index (χ4n) is 3.53. The molecule has 4 aromatic rings. The molecule has 0 saturated heterocycles. The molecule has 0 heterocycles. The molecule has 39 heavy (non-hydrogen) atoms. The van der Waals surface area contributed by atoms with Crippen LogP contribution in [-0.2, 0) is 26.5 Å². The molecule has 0 fully saturated rings. The second-order valence-electron chi connectivity index (χ2n) is 8.41. The summed E-state index contributed by atoms with van der Waals surface area (Å²) >= 11 is 0. The quantitative estimate of drug-likeness (QED) is 0.135. The van der Waals surface area contributed by atoms with Gasteiger partial charge in [-0.25, -0.2) is 0 Å². The number of benzene rings is 4. The molecule has 206 valence electrons. The highest BCUT2D eigenvalue weighted by atomic mass is 32.2. The van der Waals surface area contributed by atoms with Gasteiger partial charge in [0.1, 0.15) is 0 Å². The number of rotatable bonds is 4. The van der Waals surface area contributed by atoms with Crippen molar-refractivity contribution in [2.75, 3.05) is 0 Å². The number of hydrogen-bond acceptors (Lipinski definition) is 1. The van der Waals surface area contributed by atoms with E-state index in [0.29, 0.717) is 0 Å². The number of halogens is 9. The fraction of sp³-hybridized carbons (Fsp3) is 0.111. The number of aryl methyl sites for hydroxylation is 1. The van der Waals surface area contributed by atoms with Crippen LogP contribution in [0.3, 0.4) is 0 Å². The van der Waals surface area contributed by atoms with Gasteiger partial charge in [-0.2, -0.15) is 26.3 Å². The Hall–Kier alpha value is -3.54. The van der Waals surface area contributed by atoms with E-state index < -0.39 is 45.9 Å². The van der Waals surface area contributed by atoms with E-state index in [1.54, 1.807) is 0 Å². The van der Waals surface area contributed by atoms with Crippen molar-refractivity contribution >= 4 is 22.4 Å². The Bertz CT molecular complexity index is 1310. The third kappa shape index (κ3) is 7.32. The lowest BCUT2D eigenvalue weighted by Crippen LogP contribution is -2.36. The molecule has 0 atom stereocenters. The summed E-state index contributed by atoms with van der Waals surface area (Å²) < 4.78 is 124. The van der Waals surface area contributed by atoms with Crippen LogP contribution in [0, 0.1) is 6.92 Å². The molecule has 0 aliphatic heterocycles. The highest BCUT2D eigenvalue weighted by Gasteiger charge is 2.39. The standard InChI is InChI=1S/C19H17OS.C8H3BF9/c1-16-12-14-19(15-13-16)21(20,17-8-4-2-5-9-17)18-10-6-3-7-11-18;10-7(11,12)4-1-5(8(13,14)15)3-6(2-4)9(16,17)18/h2-15H,1H3;1-3H/q+1;-1. The van der Waals surface area contributed by atoms with Gasteiger partial charge in [0, 0.05) is 0 Å². The van der Waals surface area contributed by atoms with Crippen LogP contribution in [0.15, 0.2) is 118 Å². The molecule has 0 spiro atoms. The first-order valence-corrected chi connectivity index (χ1v) is 12.8. The Labute approximate surface area is 219 Å². The highest BCUT2D eigenvalue weighted by Crippen LogP contribution is 2.37. The maximum absolute atomic E-state index is 13.9. The average Bonchev–Trinajstić information content (AvgIpc) is 2.88. The zero-order chi connectivity index (χ0) is 29.1. The minimum absolute atomic E-state index is 0.338. The van der Waals surface area contributed by atoms with Crippen LogP contribution in [-0.4, -0.2) is 6.98 Å². The molecule has 0 N–H and O–H groups in total. The third-order valence-electron chi connectivity index (χ3n) is 5.49. The third-order valence-corrected chi connectivity index (χ3v) is 8.30. The van der Waals surface area contributed by atoms with E-state index in [1.165, 1.54) is 5.56 Å². The first-order chi connectivity index (χ1) is 18.0. The Balaban J connectivity index is 0.000000219. The molecule has 0 bridgehead atoms. The Morgan fingerprint density at radius 2 is 0.923 bits per heavy atom. The zero-order valence-electron chi connectivity index (χ0n) is 20.1. The second-order valence-corrected chi connectivity index (χ2v) is 10.9. The molecule has 1 nitrogen and oxygen atoms in total. The van der Waals surface area contributed by atoms with E-state index in [2.05, 4.69) is 0 Å². The van der Waals surface area contributed by atoms with E-state index in [1.807, 2.05) is 91.9 Å². The second kappa shape index (κ2) is 11.3. The van der Waals surface area contributed by atoms with Crippen LogP contribution in [0.4, 0.5) is 39.3 Å². The fourth-order valence-corrected chi connectivity index (χ4v) is 5.95. The maximum Gasteiger partial charge on any atom is 0.509 e. The van der Waals surface area contributed by atoms with E-state index in [9.17, 15) is 43.5 Å². The molecule has 0 radical (unpaired) electrons. The van der Waals surface area contributed by atoms with E-state index >= 15 is 0 Å². The van der Waals surface area contributed by atoms with Crippen molar-refractivity contribution in [1.82, 2.24) is 0 Å². The summed E-state index contributed by atoms with van der Waals surface area (Å²) in [4.78, 5) is 2.55. The smallest absolute Gasteiger partial charge is 0.445 e. The molecular weight excluding hydrogens is 554 g/mol. The van der Waals surface area contributed by atoms with Crippen LogP contribution in [0.25, 0.3) is 0 Å². The summed E-state index contributed by atoms with van der Waals surface area (Å²) in [7, 11) is -2.44. The highest BCUT2D eigenvalue weighted by molar-refractivity contribution is 8.03. The van der Waals surface area contributed by atoms with E-state index in [-0.39, 0.29) is 18.2 Å². The monoisotopic (exact) mass is 574 g/mol. The van der Waals surface area contributed by atoms with Crippen molar-refractivity contribution in [3.8, 4) is 0 Å². The summed E-state index contributed by atoms with van der Waals surface area (Å²) in [6.45, 7) is -3.91. The maximum atomic E-state index is 13.9. The van der Waals surface area contributed by atoms with Gasteiger partial charge in [0.05, 0.1) is 11.1 Å². The van der Waals surface area contributed by atoms with Crippen LogP contribution in [0.2, 0.25) is 0 Å². The van der Waals surface area contributed by atoms with Crippen molar-refractivity contribution in [3.63, 3.8) is 0 Å². The minimum atomic E-state index is -5.95. The van der Waals surface area contributed by atoms with Gasteiger partial charge in [0.15, 0.2) is 24.6 Å². The first kappa shape index (κ1) is 30.0. The molecule has 0 amide bonds. The first-order valence-electron chi connectivity index (χ1n) is 11.2. The van der Waals surface area contributed by atoms with Gasteiger partial charge < -0.3 is 12.9 Å². The van der Waals surface area contributed by atoms with Crippen molar-refractivity contribution in [2.24, 2.45) is 0 Å². The molecule has 0 aliphatic carbocycles. The minimum Gasteiger partial charge on any atom is -0.445 e. The molecule has 12 heteroatoms. The lowest BCUT2D eigenvalue weighted by molar-refractivity contribution is -0.142. The Kier molecular flexibility index (Phi) is 8.69. The van der Waals surface area contributed by atoms with Gasteiger partial charge >= 0.3 is 19.3 Å². The van der Waals surface area contributed by atoms with Crippen LogP contribution in [0.1, 0.15) is 16.7 Å². The topological polar surface area (TPSA) is 17.1 Å². The zero-order valence-corrected chi connectivity index (χ0v) is 20.9. The largest absolute Gasteiger partial charge is 0.509 e. The SMILES string of the molecule is Cc1ccc([S+](=O)(c2ccccc2)c2ccccc2)cc1.F[B-](F)(F)c1cc(C(F)(F)F)cc(C(F)(F)F)c1. The van der Waals surface area contributed by atoms with Crippen LogP contribution in [0.5, 0.6) is 0 Å². The average molecular weight is 574 g/mol. The van der Waals surface area contributed by atoms with Gasteiger partial charge in [-0.05, 0) is 49.4 Å².